The lowest BCUT2D eigenvalue weighted by Crippen LogP contribution is -2.36. The first-order chi connectivity index (χ1) is 10.5. The van der Waals surface area contributed by atoms with Gasteiger partial charge in [0.2, 0.25) is 5.91 Å². The number of amides is 1. The molecule has 8 nitrogen and oxygen atoms in total. The number of aromatic nitrogens is 4. The van der Waals surface area contributed by atoms with Crippen molar-refractivity contribution in [1.29, 1.82) is 0 Å². The van der Waals surface area contributed by atoms with Gasteiger partial charge in [-0.05, 0) is 26.3 Å². The second-order valence-corrected chi connectivity index (χ2v) is 5.21. The Morgan fingerprint density at radius 2 is 2.18 bits per heavy atom. The summed E-state index contributed by atoms with van der Waals surface area (Å²) in [7, 11) is 0. The van der Waals surface area contributed by atoms with Crippen LogP contribution >= 0.6 is 0 Å². The normalized spacial score (nSPS) is 12.1. The predicted molar refractivity (Wildman–Crippen MR) is 80.6 cm³/mol. The molecule has 0 aromatic carbocycles. The molecular weight excluding hydrogens is 286 g/mol. The molecule has 1 atom stereocenters. The smallest absolute Gasteiger partial charge is 0.325 e. The Hall–Kier alpha value is -2.64. The van der Waals surface area contributed by atoms with Gasteiger partial charge >= 0.3 is 5.69 Å². The summed E-state index contributed by atoms with van der Waals surface area (Å²) in [4.78, 5) is 39.4. The second kappa shape index (κ2) is 6.88. The molecule has 0 aliphatic rings. The van der Waals surface area contributed by atoms with E-state index in [0.717, 1.165) is 0 Å². The van der Waals surface area contributed by atoms with Crippen molar-refractivity contribution in [2.75, 3.05) is 0 Å². The van der Waals surface area contributed by atoms with Gasteiger partial charge in [-0.15, -0.1) is 0 Å². The summed E-state index contributed by atoms with van der Waals surface area (Å²) < 4.78 is 1.74. The lowest BCUT2D eigenvalue weighted by Gasteiger charge is -2.14. The van der Waals surface area contributed by atoms with E-state index in [0.29, 0.717) is 17.8 Å². The first-order valence-corrected chi connectivity index (χ1v) is 7.04. The van der Waals surface area contributed by atoms with Crippen molar-refractivity contribution in [2.45, 2.75) is 39.3 Å². The number of carbonyl (C=O) groups excluding carboxylic acids is 1. The van der Waals surface area contributed by atoms with Gasteiger partial charge in [0.15, 0.2) is 0 Å². The van der Waals surface area contributed by atoms with E-state index in [1.54, 1.807) is 17.8 Å². The van der Waals surface area contributed by atoms with E-state index in [1.165, 1.54) is 0 Å². The van der Waals surface area contributed by atoms with Gasteiger partial charge in [0.25, 0.3) is 5.56 Å². The number of aryl methyl sites for hydroxylation is 1. The monoisotopic (exact) mass is 305 g/mol. The molecule has 8 heteroatoms. The molecule has 0 radical (unpaired) electrons. The topological polar surface area (TPSA) is 113 Å². The van der Waals surface area contributed by atoms with Crippen molar-refractivity contribution in [3.63, 3.8) is 0 Å². The van der Waals surface area contributed by atoms with E-state index in [4.69, 9.17) is 0 Å². The number of rotatable bonds is 6. The molecule has 0 aliphatic carbocycles. The quantitative estimate of drug-likeness (QED) is 0.680. The Balaban J connectivity index is 1.88. The molecule has 1 amide bonds. The van der Waals surface area contributed by atoms with E-state index >= 15 is 0 Å². The number of H-pyrrole nitrogens is 2. The summed E-state index contributed by atoms with van der Waals surface area (Å²) in [5, 5.41) is 6.93. The molecule has 0 bridgehead atoms. The first-order valence-electron chi connectivity index (χ1n) is 7.04. The molecule has 0 aliphatic heterocycles. The van der Waals surface area contributed by atoms with Crippen LogP contribution in [0.1, 0.15) is 24.6 Å². The van der Waals surface area contributed by atoms with Gasteiger partial charge in [0.1, 0.15) is 0 Å². The van der Waals surface area contributed by atoms with Crippen molar-refractivity contribution >= 4 is 5.91 Å². The summed E-state index contributed by atoms with van der Waals surface area (Å²) in [6.45, 7) is 4.11. The minimum Gasteiger partial charge on any atom is -0.352 e. The third-order valence-corrected chi connectivity index (χ3v) is 3.28. The van der Waals surface area contributed by atoms with Crippen LogP contribution in [0.3, 0.4) is 0 Å². The number of hydrogen-bond donors (Lipinski definition) is 3. The maximum Gasteiger partial charge on any atom is 0.325 e. The van der Waals surface area contributed by atoms with E-state index in [-0.39, 0.29) is 24.8 Å². The van der Waals surface area contributed by atoms with Crippen molar-refractivity contribution in [1.82, 2.24) is 25.1 Å². The highest BCUT2D eigenvalue weighted by Crippen LogP contribution is 2.00. The highest BCUT2D eigenvalue weighted by Gasteiger charge is 2.11. The molecule has 0 spiro atoms. The van der Waals surface area contributed by atoms with Crippen molar-refractivity contribution < 1.29 is 4.79 Å². The Bertz CT molecular complexity index is 745. The van der Waals surface area contributed by atoms with Crippen LogP contribution in [0.2, 0.25) is 0 Å². The maximum atomic E-state index is 11.9. The summed E-state index contributed by atoms with van der Waals surface area (Å²) in [5.41, 5.74) is -0.0668. The Labute approximate surface area is 126 Å². The van der Waals surface area contributed by atoms with Crippen LogP contribution in [0.15, 0.2) is 28.0 Å². The molecule has 2 rings (SSSR count). The fourth-order valence-corrected chi connectivity index (χ4v) is 2.25. The molecule has 0 fully saturated rings. The van der Waals surface area contributed by atoms with Crippen LogP contribution in [-0.4, -0.2) is 31.7 Å². The molecule has 2 aromatic rings. The average molecular weight is 305 g/mol. The number of nitrogens with one attached hydrogen (secondary N) is 3. The number of nitrogens with zero attached hydrogens (tertiary/aromatic N) is 2. The Morgan fingerprint density at radius 1 is 1.41 bits per heavy atom. The van der Waals surface area contributed by atoms with Crippen LogP contribution in [0.4, 0.5) is 0 Å². The largest absolute Gasteiger partial charge is 0.352 e. The third-order valence-electron chi connectivity index (χ3n) is 3.28. The zero-order chi connectivity index (χ0) is 16.1. The van der Waals surface area contributed by atoms with Gasteiger partial charge in [-0.1, -0.05) is 0 Å². The summed E-state index contributed by atoms with van der Waals surface area (Å²) in [6.07, 6.45) is 3.96. The zero-order valence-corrected chi connectivity index (χ0v) is 12.5. The molecule has 0 unspecified atom stereocenters. The lowest BCUT2D eigenvalue weighted by atomic mass is 10.1. The molecular formula is C14H19N5O3. The molecule has 22 heavy (non-hydrogen) atoms. The molecule has 3 N–H and O–H groups in total. The number of hydrogen-bond acceptors (Lipinski definition) is 4. The SMILES string of the molecule is Cc1[nH]c(=O)[nH]c(=O)c1CCC(=O)N[C@H](C)Cn1cccn1. The standard InChI is InChI=1S/C14H19N5O3/c1-9(8-19-7-3-6-15-19)16-12(20)5-4-11-10(2)17-14(22)18-13(11)21/h3,6-7,9H,4-5,8H2,1-2H3,(H,16,20)(H2,17,18,21,22)/t9-/m1/s1. The highest BCUT2D eigenvalue weighted by atomic mass is 16.2. The number of carbonyl (C=O) groups is 1. The van der Waals surface area contributed by atoms with E-state index in [1.807, 2.05) is 19.2 Å². The summed E-state index contributed by atoms with van der Waals surface area (Å²) in [5.74, 6) is -0.148. The molecule has 2 heterocycles. The first kappa shape index (κ1) is 15.7. The lowest BCUT2D eigenvalue weighted by molar-refractivity contribution is -0.121. The molecule has 0 saturated carbocycles. The van der Waals surface area contributed by atoms with Crippen molar-refractivity contribution in [2.24, 2.45) is 0 Å². The minimum absolute atomic E-state index is 0.0673. The molecule has 118 valence electrons. The molecule has 0 saturated heterocycles. The maximum absolute atomic E-state index is 11.9. The van der Waals surface area contributed by atoms with Gasteiger partial charge in [-0.25, -0.2) is 4.79 Å². The van der Waals surface area contributed by atoms with Crippen LogP contribution in [0.5, 0.6) is 0 Å². The van der Waals surface area contributed by atoms with Gasteiger partial charge in [0.05, 0.1) is 6.54 Å². The van der Waals surface area contributed by atoms with Gasteiger partial charge in [-0.3, -0.25) is 19.3 Å². The summed E-state index contributed by atoms with van der Waals surface area (Å²) >= 11 is 0. The molecule has 2 aromatic heterocycles. The van der Waals surface area contributed by atoms with Gasteiger partial charge < -0.3 is 10.3 Å². The zero-order valence-electron chi connectivity index (χ0n) is 12.5. The minimum atomic E-state index is -0.538. The number of aromatic amines is 2. The third kappa shape index (κ3) is 4.18. The van der Waals surface area contributed by atoms with Crippen LogP contribution in [0.25, 0.3) is 0 Å². The Kier molecular flexibility index (Phi) is 4.92. The van der Waals surface area contributed by atoms with Crippen LogP contribution in [-0.2, 0) is 17.8 Å². The highest BCUT2D eigenvalue weighted by molar-refractivity contribution is 5.76. The van der Waals surface area contributed by atoms with Gasteiger partial charge in [0, 0.05) is 36.1 Å². The Morgan fingerprint density at radius 3 is 2.82 bits per heavy atom. The van der Waals surface area contributed by atoms with Crippen LogP contribution in [0, 0.1) is 6.92 Å². The van der Waals surface area contributed by atoms with Crippen molar-refractivity contribution in [3.8, 4) is 0 Å². The second-order valence-electron chi connectivity index (χ2n) is 5.21. The van der Waals surface area contributed by atoms with Gasteiger partial charge in [-0.2, -0.15) is 5.10 Å². The van der Waals surface area contributed by atoms with Crippen molar-refractivity contribution in [3.05, 3.63) is 50.6 Å². The van der Waals surface area contributed by atoms with E-state index in [2.05, 4.69) is 20.4 Å². The fourth-order valence-electron chi connectivity index (χ4n) is 2.25. The fraction of sp³-hybridized carbons (Fsp3) is 0.429. The van der Waals surface area contributed by atoms with Crippen LogP contribution < -0.4 is 16.6 Å². The summed E-state index contributed by atoms with van der Waals surface area (Å²) in [6, 6.07) is 1.75. The van der Waals surface area contributed by atoms with E-state index < -0.39 is 11.2 Å². The average Bonchev–Trinajstić information content (AvgIpc) is 2.89. The van der Waals surface area contributed by atoms with E-state index in [9.17, 15) is 14.4 Å². The predicted octanol–water partition coefficient (Wildman–Crippen LogP) is -0.294.